The molecule has 0 spiro atoms. The molecule has 1 saturated heterocycles. The minimum Gasteiger partial charge on any atom is -0.399 e. The molecule has 3 nitrogen and oxygen atoms in total. The molecule has 0 unspecified atom stereocenters. The van der Waals surface area contributed by atoms with Gasteiger partial charge in [0.1, 0.15) is 5.82 Å². The van der Waals surface area contributed by atoms with Crippen LogP contribution in [0.4, 0.5) is 10.1 Å². The molecule has 0 aromatic heterocycles. The molecule has 14 heavy (non-hydrogen) atoms. The molecule has 0 amide bonds. The van der Waals surface area contributed by atoms with Gasteiger partial charge >= 0.3 is 0 Å². The van der Waals surface area contributed by atoms with Crippen LogP contribution in [0.1, 0.15) is 11.6 Å². The van der Waals surface area contributed by atoms with Crippen LogP contribution in [0.5, 0.6) is 0 Å². The zero-order valence-electron chi connectivity index (χ0n) is 7.79. The van der Waals surface area contributed by atoms with Gasteiger partial charge in [0.05, 0.1) is 19.3 Å². The summed E-state index contributed by atoms with van der Waals surface area (Å²) < 4.78 is 18.7. The Kier molecular flexibility index (Phi) is 2.65. The zero-order chi connectivity index (χ0) is 9.97. The van der Waals surface area contributed by atoms with Gasteiger partial charge in [0, 0.05) is 17.8 Å². The molecule has 1 aromatic rings. The number of rotatable bonds is 1. The maximum atomic E-state index is 13.5. The topological polar surface area (TPSA) is 47.3 Å². The van der Waals surface area contributed by atoms with Crippen molar-refractivity contribution in [3.05, 3.63) is 29.6 Å². The molecule has 1 aromatic carbocycles. The summed E-state index contributed by atoms with van der Waals surface area (Å²) >= 11 is 0. The molecule has 1 fully saturated rings. The number of hydrogen-bond acceptors (Lipinski definition) is 3. The van der Waals surface area contributed by atoms with Gasteiger partial charge in [-0.1, -0.05) is 6.07 Å². The third-order valence-electron chi connectivity index (χ3n) is 2.32. The predicted molar refractivity (Wildman–Crippen MR) is 52.4 cm³/mol. The Bertz CT molecular complexity index is 324. The fourth-order valence-electron chi connectivity index (χ4n) is 1.59. The highest BCUT2D eigenvalue weighted by molar-refractivity contribution is 5.41. The normalized spacial score (nSPS) is 22.2. The SMILES string of the molecule is Nc1ccc([C@@H]2COCCN2)c(F)c1. The highest BCUT2D eigenvalue weighted by Crippen LogP contribution is 2.20. The van der Waals surface area contributed by atoms with Gasteiger partial charge in [-0.15, -0.1) is 0 Å². The van der Waals surface area contributed by atoms with E-state index >= 15 is 0 Å². The number of ether oxygens (including phenoxy) is 1. The van der Waals surface area contributed by atoms with Crippen molar-refractivity contribution < 1.29 is 9.13 Å². The molecule has 76 valence electrons. The van der Waals surface area contributed by atoms with Crippen LogP contribution in [0, 0.1) is 5.82 Å². The molecule has 1 aliphatic rings. The summed E-state index contributed by atoms with van der Waals surface area (Å²) in [6, 6.07) is 4.70. The first-order valence-electron chi connectivity index (χ1n) is 4.63. The Labute approximate surface area is 82.1 Å². The van der Waals surface area contributed by atoms with Crippen molar-refractivity contribution >= 4 is 5.69 Å². The Morgan fingerprint density at radius 1 is 1.50 bits per heavy atom. The summed E-state index contributed by atoms with van der Waals surface area (Å²) in [6.45, 7) is 1.96. The van der Waals surface area contributed by atoms with E-state index in [2.05, 4.69) is 5.32 Å². The van der Waals surface area contributed by atoms with Crippen molar-refractivity contribution in [2.75, 3.05) is 25.5 Å². The van der Waals surface area contributed by atoms with Crippen molar-refractivity contribution in [2.45, 2.75) is 6.04 Å². The van der Waals surface area contributed by atoms with E-state index < -0.39 is 0 Å². The van der Waals surface area contributed by atoms with Gasteiger partial charge in [0.15, 0.2) is 0 Å². The van der Waals surface area contributed by atoms with Crippen LogP contribution >= 0.6 is 0 Å². The van der Waals surface area contributed by atoms with Crippen molar-refractivity contribution in [3.63, 3.8) is 0 Å². The van der Waals surface area contributed by atoms with Gasteiger partial charge in [-0.3, -0.25) is 0 Å². The Balaban J connectivity index is 2.22. The Hall–Kier alpha value is -1.13. The third-order valence-corrected chi connectivity index (χ3v) is 2.32. The number of nitrogen functional groups attached to an aromatic ring is 1. The van der Waals surface area contributed by atoms with Gasteiger partial charge in [-0.05, 0) is 12.1 Å². The number of benzene rings is 1. The standard InChI is InChI=1S/C10H13FN2O/c11-9-5-7(12)1-2-8(9)10-6-14-4-3-13-10/h1-2,5,10,13H,3-4,6,12H2/t10-/m0/s1. The van der Waals surface area contributed by atoms with E-state index in [1.807, 2.05) is 0 Å². The zero-order valence-corrected chi connectivity index (χ0v) is 7.79. The number of nitrogens with two attached hydrogens (primary N) is 1. The van der Waals surface area contributed by atoms with Crippen LogP contribution in [0.25, 0.3) is 0 Å². The highest BCUT2D eigenvalue weighted by atomic mass is 19.1. The predicted octanol–water partition coefficient (Wildman–Crippen LogP) is 1.07. The van der Waals surface area contributed by atoms with Gasteiger partial charge < -0.3 is 15.8 Å². The summed E-state index contributed by atoms with van der Waals surface area (Å²) in [4.78, 5) is 0. The van der Waals surface area contributed by atoms with E-state index in [-0.39, 0.29) is 11.9 Å². The number of hydrogen-bond donors (Lipinski definition) is 2. The molecule has 0 saturated carbocycles. The average molecular weight is 196 g/mol. The van der Waals surface area contributed by atoms with E-state index in [9.17, 15) is 4.39 Å². The summed E-state index contributed by atoms with van der Waals surface area (Å²) in [7, 11) is 0. The van der Waals surface area contributed by atoms with Crippen LogP contribution in [0.3, 0.4) is 0 Å². The molecule has 1 heterocycles. The molecule has 2 rings (SSSR count). The second kappa shape index (κ2) is 3.94. The molecule has 1 atom stereocenters. The molecule has 1 aliphatic heterocycles. The van der Waals surface area contributed by atoms with Gasteiger partial charge in [-0.25, -0.2) is 4.39 Å². The lowest BCUT2D eigenvalue weighted by molar-refractivity contribution is 0.0757. The molecular weight excluding hydrogens is 183 g/mol. The molecule has 0 radical (unpaired) electrons. The van der Waals surface area contributed by atoms with Crippen LogP contribution in [0.2, 0.25) is 0 Å². The summed E-state index contributed by atoms with van der Waals surface area (Å²) in [6.07, 6.45) is 0. The molecule has 0 aliphatic carbocycles. The van der Waals surface area contributed by atoms with Crippen LogP contribution in [-0.4, -0.2) is 19.8 Å². The summed E-state index contributed by atoms with van der Waals surface area (Å²) in [5, 5.41) is 3.19. The number of anilines is 1. The fourth-order valence-corrected chi connectivity index (χ4v) is 1.59. The second-order valence-electron chi connectivity index (χ2n) is 3.36. The van der Waals surface area contributed by atoms with Crippen LogP contribution < -0.4 is 11.1 Å². The van der Waals surface area contributed by atoms with Gasteiger partial charge in [0.25, 0.3) is 0 Å². The lowest BCUT2D eigenvalue weighted by atomic mass is 10.1. The fraction of sp³-hybridized carbons (Fsp3) is 0.400. The first-order chi connectivity index (χ1) is 6.77. The Morgan fingerprint density at radius 3 is 3.00 bits per heavy atom. The van der Waals surface area contributed by atoms with Crippen LogP contribution in [-0.2, 0) is 4.74 Å². The first-order valence-corrected chi connectivity index (χ1v) is 4.63. The van der Waals surface area contributed by atoms with Crippen molar-refractivity contribution in [2.24, 2.45) is 0 Å². The average Bonchev–Trinajstić information content (AvgIpc) is 2.19. The van der Waals surface area contributed by atoms with Crippen molar-refractivity contribution in [1.29, 1.82) is 0 Å². The van der Waals surface area contributed by atoms with E-state index in [1.54, 1.807) is 12.1 Å². The van der Waals surface area contributed by atoms with E-state index in [1.165, 1.54) is 6.07 Å². The summed E-state index contributed by atoms with van der Waals surface area (Å²) in [5.74, 6) is -0.270. The number of halogens is 1. The van der Waals surface area contributed by atoms with Crippen molar-refractivity contribution in [1.82, 2.24) is 5.32 Å². The molecule has 0 bridgehead atoms. The van der Waals surface area contributed by atoms with E-state index in [4.69, 9.17) is 10.5 Å². The maximum absolute atomic E-state index is 13.5. The maximum Gasteiger partial charge on any atom is 0.130 e. The molecule has 4 heteroatoms. The van der Waals surface area contributed by atoms with Crippen molar-refractivity contribution in [3.8, 4) is 0 Å². The largest absolute Gasteiger partial charge is 0.399 e. The smallest absolute Gasteiger partial charge is 0.130 e. The minimum absolute atomic E-state index is 0.0515. The molecular formula is C10H13FN2O. The summed E-state index contributed by atoms with van der Waals surface area (Å²) in [5.41, 5.74) is 6.54. The lowest BCUT2D eigenvalue weighted by Crippen LogP contribution is -2.35. The van der Waals surface area contributed by atoms with Gasteiger partial charge in [-0.2, -0.15) is 0 Å². The minimum atomic E-state index is -0.270. The Morgan fingerprint density at radius 2 is 2.36 bits per heavy atom. The second-order valence-corrected chi connectivity index (χ2v) is 3.36. The quantitative estimate of drug-likeness (QED) is 0.660. The van der Waals surface area contributed by atoms with E-state index in [0.717, 1.165) is 6.54 Å². The van der Waals surface area contributed by atoms with Gasteiger partial charge in [0.2, 0.25) is 0 Å². The first kappa shape index (κ1) is 9.43. The van der Waals surface area contributed by atoms with E-state index in [0.29, 0.717) is 24.5 Å². The molecule has 3 N–H and O–H groups in total. The third kappa shape index (κ3) is 1.86. The lowest BCUT2D eigenvalue weighted by Gasteiger charge is -2.24. The number of nitrogens with one attached hydrogen (secondary N) is 1. The van der Waals surface area contributed by atoms with Crippen LogP contribution in [0.15, 0.2) is 18.2 Å². The highest BCUT2D eigenvalue weighted by Gasteiger charge is 2.18. The number of morpholine rings is 1. The monoisotopic (exact) mass is 196 g/mol.